The van der Waals surface area contributed by atoms with Crippen LogP contribution in [-0.4, -0.2) is 124 Å². The lowest BCUT2D eigenvalue weighted by Crippen LogP contribution is -2.33. The fraction of sp³-hybridized carbons (Fsp3) is 0.667. The van der Waals surface area contributed by atoms with E-state index in [1.165, 1.54) is 21.8 Å². The molecule has 4 heterocycles. The number of ether oxygens (including phenoxy) is 2. The SMILES string of the molecule is Nc1c(C(=O)NCCCCCCNC(=O)c2ncn([C@@H]3O[C@H](CO)[C@@H](O)[C@H]3O)c2N)ncn1[C@@H]1O[C@H](CO)[C@@H](O)[C@H]1O. The minimum atomic E-state index is -1.36. The Balaban J connectivity index is 1.14. The monoisotopic (exact) mass is 598 g/mol. The minimum absolute atomic E-state index is 0.0533. The third-order valence-electron chi connectivity index (χ3n) is 7.35. The van der Waals surface area contributed by atoms with Crippen LogP contribution in [0.1, 0.15) is 59.1 Å². The second-order valence-corrected chi connectivity index (χ2v) is 10.2. The van der Waals surface area contributed by atoms with Crippen LogP contribution in [0.4, 0.5) is 11.6 Å². The maximum Gasteiger partial charge on any atom is 0.273 e. The molecule has 0 spiro atoms. The van der Waals surface area contributed by atoms with Crippen LogP contribution in [0.5, 0.6) is 0 Å². The van der Waals surface area contributed by atoms with Gasteiger partial charge < -0.3 is 62.2 Å². The Hall–Kier alpha value is -3.36. The number of anilines is 2. The van der Waals surface area contributed by atoms with Crippen molar-refractivity contribution in [2.24, 2.45) is 0 Å². The Morgan fingerprint density at radius 3 is 1.43 bits per heavy atom. The number of aliphatic hydroxyl groups is 6. The molecular weight excluding hydrogens is 560 g/mol. The normalized spacial score (nSPS) is 29.2. The fourth-order valence-corrected chi connectivity index (χ4v) is 4.89. The van der Waals surface area contributed by atoms with Gasteiger partial charge in [0.25, 0.3) is 11.8 Å². The lowest BCUT2D eigenvalue weighted by atomic mass is 10.1. The van der Waals surface area contributed by atoms with Crippen LogP contribution in [0.3, 0.4) is 0 Å². The average molecular weight is 599 g/mol. The van der Waals surface area contributed by atoms with Crippen molar-refractivity contribution in [3.05, 3.63) is 24.0 Å². The molecule has 18 heteroatoms. The van der Waals surface area contributed by atoms with Gasteiger partial charge in [0.1, 0.15) is 48.3 Å². The summed E-state index contributed by atoms with van der Waals surface area (Å²) in [6.07, 6.45) is -4.25. The maximum absolute atomic E-state index is 12.5. The molecule has 2 amide bonds. The first-order chi connectivity index (χ1) is 20.1. The molecule has 2 aliphatic heterocycles. The molecule has 0 aromatic carbocycles. The molecule has 234 valence electrons. The summed E-state index contributed by atoms with van der Waals surface area (Å²) in [5, 5.41) is 64.1. The van der Waals surface area contributed by atoms with Gasteiger partial charge in [0.05, 0.1) is 25.9 Å². The largest absolute Gasteiger partial charge is 0.394 e. The second kappa shape index (κ2) is 13.7. The number of hydrogen-bond acceptors (Lipinski definition) is 14. The summed E-state index contributed by atoms with van der Waals surface area (Å²) in [6, 6.07) is 0. The lowest BCUT2D eigenvalue weighted by Gasteiger charge is -2.17. The number of unbranched alkanes of at least 4 members (excludes halogenated alkanes) is 3. The van der Waals surface area contributed by atoms with Crippen LogP contribution in [0, 0.1) is 0 Å². The molecule has 4 rings (SSSR count). The van der Waals surface area contributed by atoms with E-state index < -0.39 is 74.1 Å². The van der Waals surface area contributed by atoms with Gasteiger partial charge in [0.15, 0.2) is 23.8 Å². The molecule has 0 aliphatic carbocycles. The highest BCUT2D eigenvalue weighted by molar-refractivity contribution is 5.97. The fourth-order valence-electron chi connectivity index (χ4n) is 4.89. The third kappa shape index (κ3) is 6.35. The number of carbonyl (C=O) groups excluding carboxylic acids is 2. The van der Waals surface area contributed by atoms with Gasteiger partial charge in [-0.15, -0.1) is 0 Å². The number of imidazole rings is 2. The molecule has 18 nitrogen and oxygen atoms in total. The van der Waals surface area contributed by atoms with Crippen molar-refractivity contribution in [3.63, 3.8) is 0 Å². The highest BCUT2D eigenvalue weighted by atomic mass is 16.6. The van der Waals surface area contributed by atoms with Crippen molar-refractivity contribution in [2.45, 2.75) is 74.8 Å². The number of rotatable bonds is 13. The summed E-state index contributed by atoms with van der Waals surface area (Å²) in [6.45, 7) is -0.296. The predicted molar refractivity (Wildman–Crippen MR) is 142 cm³/mol. The third-order valence-corrected chi connectivity index (χ3v) is 7.35. The van der Waals surface area contributed by atoms with E-state index in [1.807, 2.05) is 0 Å². The molecular formula is C24H38N8O10. The van der Waals surface area contributed by atoms with E-state index in [1.54, 1.807) is 0 Å². The Labute approximate surface area is 239 Å². The first-order valence-corrected chi connectivity index (χ1v) is 13.6. The van der Waals surface area contributed by atoms with Gasteiger partial charge >= 0.3 is 0 Å². The van der Waals surface area contributed by atoms with Crippen molar-refractivity contribution in [1.82, 2.24) is 29.7 Å². The number of nitrogen functional groups attached to an aromatic ring is 2. The van der Waals surface area contributed by atoms with E-state index in [0.717, 1.165) is 12.8 Å². The van der Waals surface area contributed by atoms with Gasteiger partial charge in [-0.2, -0.15) is 0 Å². The minimum Gasteiger partial charge on any atom is -0.394 e. The zero-order valence-corrected chi connectivity index (χ0v) is 22.7. The van der Waals surface area contributed by atoms with Gasteiger partial charge in [-0.05, 0) is 12.8 Å². The van der Waals surface area contributed by atoms with E-state index in [4.69, 9.17) is 20.9 Å². The van der Waals surface area contributed by atoms with Gasteiger partial charge in [0, 0.05) is 13.1 Å². The number of amides is 2. The van der Waals surface area contributed by atoms with Crippen LogP contribution in [0.15, 0.2) is 12.7 Å². The molecule has 2 aromatic rings. The zero-order valence-electron chi connectivity index (χ0n) is 22.7. The standard InChI is InChI=1S/C24H38N8O10/c25-19-13(29-9-31(19)23-17(37)15(35)11(7-33)41-23)21(39)27-5-3-1-2-4-6-28-22(40)14-20(26)32(10-30-14)24-18(38)16(36)12(8-34)42-24/h9-12,15-18,23-24,33-38H,1-8,25-26H2,(H,27,39)(H,28,40)/t11-,12-,15-,16-,17-,18-,23-,24-/m1/s1. The first kappa shape index (κ1) is 31.6. The predicted octanol–water partition coefficient (Wildman–Crippen LogP) is -3.81. The molecule has 0 radical (unpaired) electrons. The summed E-state index contributed by atoms with van der Waals surface area (Å²) in [4.78, 5) is 33.0. The van der Waals surface area contributed by atoms with Crippen LogP contribution >= 0.6 is 0 Å². The highest BCUT2D eigenvalue weighted by Gasteiger charge is 2.45. The molecule has 0 saturated carbocycles. The van der Waals surface area contributed by atoms with Crippen LogP contribution in [-0.2, 0) is 9.47 Å². The molecule has 0 bridgehead atoms. The Morgan fingerprint density at radius 1 is 0.714 bits per heavy atom. The van der Waals surface area contributed by atoms with E-state index in [0.29, 0.717) is 25.9 Å². The van der Waals surface area contributed by atoms with Crippen molar-refractivity contribution >= 4 is 23.5 Å². The van der Waals surface area contributed by atoms with Gasteiger partial charge in [-0.25, -0.2) is 9.97 Å². The Morgan fingerprint density at radius 2 is 1.10 bits per heavy atom. The zero-order chi connectivity index (χ0) is 30.6. The molecule has 2 saturated heterocycles. The molecule has 2 aliphatic rings. The quantitative estimate of drug-likeness (QED) is 0.0989. The number of nitrogens with zero attached hydrogens (tertiary/aromatic N) is 4. The van der Waals surface area contributed by atoms with E-state index >= 15 is 0 Å². The summed E-state index contributed by atoms with van der Waals surface area (Å²) < 4.78 is 13.3. The highest BCUT2D eigenvalue weighted by Crippen LogP contribution is 2.33. The topological polar surface area (TPSA) is 286 Å². The van der Waals surface area contributed by atoms with Gasteiger partial charge in [0.2, 0.25) is 0 Å². The second-order valence-electron chi connectivity index (χ2n) is 10.2. The van der Waals surface area contributed by atoms with Crippen molar-refractivity contribution in [1.29, 1.82) is 0 Å². The van der Waals surface area contributed by atoms with Crippen LogP contribution in [0.2, 0.25) is 0 Å². The van der Waals surface area contributed by atoms with E-state index in [-0.39, 0.29) is 23.0 Å². The van der Waals surface area contributed by atoms with Crippen molar-refractivity contribution < 1.29 is 49.7 Å². The molecule has 2 aromatic heterocycles. The molecule has 42 heavy (non-hydrogen) atoms. The number of nitrogens with one attached hydrogen (secondary N) is 2. The van der Waals surface area contributed by atoms with Gasteiger partial charge in [-0.3, -0.25) is 18.7 Å². The Bertz CT molecular complexity index is 1130. The van der Waals surface area contributed by atoms with Crippen LogP contribution in [0.25, 0.3) is 0 Å². The lowest BCUT2D eigenvalue weighted by molar-refractivity contribution is -0.0518. The first-order valence-electron chi connectivity index (χ1n) is 13.6. The summed E-state index contributed by atoms with van der Waals surface area (Å²) >= 11 is 0. The molecule has 0 unspecified atom stereocenters. The average Bonchev–Trinajstić information content (AvgIpc) is 3.70. The van der Waals surface area contributed by atoms with Crippen LogP contribution < -0.4 is 22.1 Å². The number of nitrogens with two attached hydrogens (primary N) is 2. The summed E-state index contributed by atoms with van der Waals surface area (Å²) in [5.74, 6) is -1.14. The summed E-state index contributed by atoms with van der Waals surface area (Å²) in [5.41, 5.74) is 11.9. The number of hydrogen-bond donors (Lipinski definition) is 10. The number of carbonyl (C=O) groups is 2. The number of aliphatic hydroxyl groups excluding tert-OH is 6. The number of aromatic nitrogens is 4. The maximum atomic E-state index is 12.5. The smallest absolute Gasteiger partial charge is 0.273 e. The molecule has 2 fully saturated rings. The van der Waals surface area contributed by atoms with E-state index in [9.17, 15) is 40.2 Å². The summed E-state index contributed by atoms with van der Waals surface area (Å²) in [7, 11) is 0. The van der Waals surface area contributed by atoms with E-state index in [2.05, 4.69) is 20.6 Å². The molecule has 12 N–H and O–H groups in total. The van der Waals surface area contributed by atoms with Crippen molar-refractivity contribution in [3.8, 4) is 0 Å². The molecule has 8 atom stereocenters. The van der Waals surface area contributed by atoms with Gasteiger partial charge in [-0.1, -0.05) is 12.8 Å². The Kier molecular flexibility index (Phi) is 10.3. The van der Waals surface area contributed by atoms with Crippen molar-refractivity contribution in [2.75, 3.05) is 37.8 Å².